The summed E-state index contributed by atoms with van der Waals surface area (Å²) in [5, 5.41) is 0. The van der Waals surface area contributed by atoms with E-state index in [1.165, 1.54) is 0 Å². The summed E-state index contributed by atoms with van der Waals surface area (Å²) >= 11 is 3.34. The Labute approximate surface area is 223 Å². The third kappa shape index (κ3) is 5.49. The van der Waals surface area contributed by atoms with Crippen molar-refractivity contribution in [1.82, 2.24) is 9.97 Å². The normalized spacial score (nSPS) is 10.9. The molecule has 0 N–H and O–H groups in total. The van der Waals surface area contributed by atoms with Crippen molar-refractivity contribution in [2.75, 3.05) is 6.61 Å². The Morgan fingerprint density at radius 2 is 1.19 bits per heavy atom. The maximum atomic E-state index is 12.8. The van der Waals surface area contributed by atoms with E-state index >= 15 is 0 Å². The van der Waals surface area contributed by atoms with Gasteiger partial charge in [0.2, 0.25) is 0 Å². The standard InChI is InChI=1S/C31H23BrN2O3/c1-19-3-7-22(8-4-19)29-30(23-9-5-20(2)6-10-23)34-27-17-24(13-16-26(27)33-29)31(36)37-18-28(35)21-11-14-25(32)15-12-21/h3-17H,18H2,1-2H3. The molecule has 0 fully saturated rings. The highest BCUT2D eigenvalue weighted by Crippen LogP contribution is 2.31. The number of aryl methyl sites for hydroxylation is 2. The maximum Gasteiger partial charge on any atom is 0.338 e. The van der Waals surface area contributed by atoms with Gasteiger partial charge in [0.15, 0.2) is 12.4 Å². The first-order valence-corrected chi connectivity index (χ1v) is 12.6. The van der Waals surface area contributed by atoms with Crippen molar-refractivity contribution in [3.63, 3.8) is 0 Å². The first-order chi connectivity index (χ1) is 17.9. The summed E-state index contributed by atoms with van der Waals surface area (Å²) in [5.41, 5.74) is 7.73. The second kappa shape index (κ2) is 10.4. The molecule has 0 spiro atoms. The number of fused-ring (bicyclic) bond motifs is 1. The Morgan fingerprint density at radius 3 is 1.76 bits per heavy atom. The maximum absolute atomic E-state index is 12.8. The highest BCUT2D eigenvalue weighted by Gasteiger charge is 2.16. The Kier molecular flexibility index (Phi) is 6.93. The Bertz CT molecular complexity index is 1610. The molecular weight excluding hydrogens is 528 g/mol. The predicted octanol–water partition coefficient (Wildman–Crippen LogP) is 7.38. The van der Waals surface area contributed by atoms with Crippen LogP contribution in [0.1, 0.15) is 31.8 Å². The molecule has 0 aliphatic heterocycles. The average Bonchev–Trinajstić information content (AvgIpc) is 2.92. The molecule has 182 valence electrons. The number of nitrogens with zero attached hydrogens (tertiary/aromatic N) is 2. The van der Waals surface area contributed by atoms with Crippen LogP contribution < -0.4 is 0 Å². The molecule has 5 nitrogen and oxygen atoms in total. The number of hydrogen-bond donors (Lipinski definition) is 0. The van der Waals surface area contributed by atoms with Gasteiger partial charge in [-0.2, -0.15) is 0 Å². The highest BCUT2D eigenvalue weighted by molar-refractivity contribution is 9.10. The first kappa shape index (κ1) is 24.5. The SMILES string of the molecule is Cc1ccc(-c2nc3ccc(C(=O)OCC(=O)c4ccc(Br)cc4)cc3nc2-c2ccc(C)cc2)cc1. The summed E-state index contributed by atoms with van der Waals surface area (Å²) < 4.78 is 6.18. The summed E-state index contributed by atoms with van der Waals surface area (Å²) in [6.07, 6.45) is 0. The fourth-order valence-corrected chi connectivity index (χ4v) is 4.20. The van der Waals surface area contributed by atoms with Crippen LogP contribution >= 0.6 is 15.9 Å². The van der Waals surface area contributed by atoms with Crippen LogP contribution in [0, 0.1) is 13.8 Å². The second-order valence-electron chi connectivity index (χ2n) is 8.86. The monoisotopic (exact) mass is 550 g/mol. The summed E-state index contributed by atoms with van der Waals surface area (Å²) in [6, 6.07) is 28.3. The van der Waals surface area contributed by atoms with Gasteiger partial charge in [-0.25, -0.2) is 14.8 Å². The smallest absolute Gasteiger partial charge is 0.338 e. The molecule has 1 aromatic heterocycles. The lowest BCUT2D eigenvalue weighted by Crippen LogP contribution is -2.14. The van der Waals surface area contributed by atoms with Crippen LogP contribution in [0.3, 0.4) is 0 Å². The van der Waals surface area contributed by atoms with Gasteiger partial charge in [-0.3, -0.25) is 4.79 Å². The van der Waals surface area contributed by atoms with Crippen molar-refractivity contribution in [2.45, 2.75) is 13.8 Å². The molecule has 0 saturated heterocycles. The largest absolute Gasteiger partial charge is 0.454 e. The molecule has 0 radical (unpaired) electrons. The van der Waals surface area contributed by atoms with Gasteiger partial charge in [-0.05, 0) is 44.2 Å². The van der Waals surface area contributed by atoms with E-state index in [2.05, 4.69) is 28.1 Å². The zero-order valence-electron chi connectivity index (χ0n) is 20.4. The highest BCUT2D eigenvalue weighted by atomic mass is 79.9. The quantitative estimate of drug-likeness (QED) is 0.163. The zero-order valence-corrected chi connectivity index (χ0v) is 22.0. The summed E-state index contributed by atoms with van der Waals surface area (Å²) in [6.45, 7) is 3.74. The number of halogens is 1. The number of benzene rings is 4. The minimum atomic E-state index is -0.589. The van der Waals surface area contributed by atoms with Gasteiger partial charge in [-0.15, -0.1) is 0 Å². The molecule has 1 heterocycles. The third-order valence-corrected chi connectivity index (χ3v) is 6.58. The van der Waals surface area contributed by atoms with E-state index in [9.17, 15) is 9.59 Å². The number of ether oxygens (including phenoxy) is 1. The van der Waals surface area contributed by atoms with Crippen molar-refractivity contribution in [2.24, 2.45) is 0 Å². The van der Waals surface area contributed by atoms with Gasteiger partial charge >= 0.3 is 5.97 Å². The molecule has 0 amide bonds. The van der Waals surface area contributed by atoms with Gasteiger partial charge in [-0.1, -0.05) is 87.7 Å². The van der Waals surface area contributed by atoms with Crippen LogP contribution in [0.4, 0.5) is 0 Å². The van der Waals surface area contributed by atoms with E-state index in [-0.39, 0.29) is 12.4 Å². The lowest BCUT2D eigenvalue weighted by atomic mass is 10.0. The number of aromatic nitrogens is 2. The zero-order chi connectivity index (χ0) is 25.9. The molecule has 37 heavy (non-hydrogen) atoms. The van der Waals surface area contributed by atoms with E-state index in [1.54, 1.807) is 42.5 Å². The van der Waals surface area contributed by atoms with E-state index < -0.39 is 5.97 Å². The number of carbonyl (C=O) groups is 2. The number of esters is 1. The molecule has 5 rings (SSSR count). The van der Waals surface area contributed by atoms with Gasteiger partial charge < -0.3 is 4.74 Å². The molecule has 5 aromatic rings. The van der Waals surface area contributed by atoms with Crippen molar-refractivity contribution in [3.05, 3.63) is 118 Å². The fraction of sp³-hybridized carbons (Fsp3) is 0.0968. The number of ketones is 1. The van der Waals surface area contributed by atoms with Crippen molar-refractivity contribution >= 4 is 38.7 Å². The van der Waals surface area contributed by atoms with Crippen LogP contribution in [-0.4, -0.2) is 28.3 Å². The van der Waals surface area contributed by atoms with E-state index in [0.717, 1.165) is 38.1 Å². The van der Waals surface area contributed by atoms with Crippen LogP contribution in [0.2, 0.25) is 0 Å². The molecule has 6 heteroatoms. The summed E-state index contributed by atoms with van der Waals surface area (Å²) in [4.78, 5) is 35.0. The van der Waals surface area contributed by atoms with Gasteiger partial charge in [0.1, 0.15) is 0 Å². The Hall–Kier alpha value is -4.16. The number of rotatable bonds is 6. The summed E-state index contributed by atoms with van der Waals surface area (Å²) in [5.74, 6) is -0.862. The van der Waals surface area contributed by atoms with E-state index in [1.807, 2.05) is 50.2 Å². The molecule has 0 aliphatic carbocycles. The van der Waals surface area contributed by atoms with Crippen LogP contribution in [0.25, 0.3) is 33.5 Å². The lowest BCUT2D eigenvalue weighted by Gasteiger charge is -2.12. The number of carbonyl (C=O) groups excluding carboxylic acids is 2. The topological polar surface area (TPSA) is 69.2 Å². The first-order valence-electron chi connectivity index (χ1n) is 11.8. The van der Waals surface area contributed by atoms with Crippen LogP contribution in [-0.2, 0) is 4.74 Å². The van der Waals surface area contributed by atoms with Crippen molar-refractivity contribution in [3.8, 4) is 22.5 Å². The third-order valence-electron chi connectivity index (χ3n) is 6.05. The fourth-order valence-electron chi connectivity index (χ4n) is 3.94. The minimum Gasteiger partial charge on any atom is -0.454 e. The Morgan fingerprint density at radius 1 is 0.676 bits per heavy atom. The second-order valence-corrected chi connectivity index (χ2v) is 9.78. The lowest BCUT2D eigenvalue weighted by molar-refractivity contribution is 0.0475. The van der Waals surface area contributed by atoms with E-state index in [4.69, 9.17) is 14.7 Å². The van der Waals surface area contributed by atoms with Crippen LogP contribution in [0.15, 0.2) is 95.5 Å². The van der Waals surface area contributed by atoms with E-state index in [0.29, 0.717) is 22.2 Å². The van der Waals surface area contributed by atoms with Gasteiger partial charge in [0, 0.05) is 21.2 Å². The molecular formula is C31H23BrN2O3. The molecule has 0 unspecified atom stereocenters. The predicted molar refractivity (Wildman–Crippen MR) is 149 cm³/mol. The summed E-state index contributed by atoms with van der Waals surface area (Å²) in [7, 11) is 0. The molecule has 4 aromatic carbocycles. The Balaban J connectivity index is 1.47. The van der Waals surface area contributed by atoms with Gasteiger partial charge in [0.25, 0.3) is 0 Å². The number of hydrogen-bond acceptors (Lipinski definition) is 5. The van der Waals surface area contributed by atoms with Crippen molar-refractivity contribution in [1.29, 1.82) is 0 Å². The van der Waals surface area contributed by atoms with Gasteiger partial charge in [0.05, 0.1) is 28.0 Å². The molecule has 0 aliphatic rings. The molecule has 0 atom stereocenters. The number of Topliss-reactive ketones (excluding diaryl/α,β-unsaturated/α-hetero) is 1. The van der Waals surface area contributed by atoms with Crippen molar-refractivity contribution < 1.29 is 14.3 Å². The minimum absolute atomic E-state index is 0.272. The molecule has 0 bridgehead atoms. The average molecular weight is 551 g/mol. The molecule has 0 saturated carbocycles. The van der Waals surface area contributed by atoms with Crippen LogP contribution in [0.5, 0.6) is 0 Å².